The average Bonchev–Trinajstić information content (AvgIpc) is 3.97. The molecule has 0 unspecified atom stereocenters. The molecule has 13 aromatic rings. The number of aromatic nitrogens is 4. The Morgan fingerprint density at radius 3 is 2.02 bits per heavy atom. The molecule has 0 amide bonds. The summed E-state index contributed by atoms with van der Waals surface area (Å²) >= 11 is 1.80. The van der Waals surface area contributed by atoms with Gasteiger partial charge in [-0.3, -0.25) is 0 Å². The Morgan fingerprint density at radius 2 is 1.12 bits per heavy atom. The number of para-hydroxylation sites is 2. The van der Waals surface area contributed by atoms with E-state index in [0.717, 1.165) is 55.1 Å². The van der Waals surface area contributed by atoms with Crippen molar-refractivity contribution in [2.45, 2.75) is 0 Å². The van der Waals surface area contributed by atoms with Crippen LogP contribution >= 0.6 is 11.3 Å². The Kier molecular flexibility index (Phi) is 6.82. The van der Waals surface area contributed by atoms with E-state index in [9.17, 15) is 0 Å². The summed E-state index contributed by atoms with van der Waals surface area (Å²) in [5, 5.41) is 11.7. The smallest absolute Gasteiger partial charge is 0.167 e. The Balaban J connectivity index is 1.02. The molecule has 0 aliphatic carbocycles. The fourth-order valence-electron chi connectivity index (χ4n) is 9.06. The summed E-state index contributed by atoms with van der Waals surface area (Å²) < 4.78 is 11.7. The summed E-state index contributed by atoms with van der Waals surface area (Å²) in [6.45, 7) is 0. The molecule has 6 heteroatoms. The minimum Gasteiger partial charge on any atom is -0.455 e. The number of thiophene rings is 1. The largest absolute Gasteiger partial charge is 0.455 e. The quantitative estimate of drug-likeness (QED) is 0.179. The first-order chi connectivity index (χ1) is 29.2. The highest BCUT2D eigenvalue weighted by atomic mass is 32.1. The maximum absolute atomic E-state index is 6.85. The van der Waals surface area contributed by atoms with E-state index in [0.29, 0.717) is 17.5 Å². The molecular weight excluding hydrogens is 741 g/mol. The van der Waals surface area contributed by atoms with Crippen LogP contribution in [0.5, 0.6) is 0 Å². The number of hydrogen-bond donors (Lipinski definition) is 0. The molecule has 0 saturated carbocycles. The summed E-state index contributed by atoms with van der Waals surface area (Å²) in [5.41, 5.74) is 7.71. The van der Waals surface area contributed by atoms with Gasteiger partial charge in [0.2, 0.25) is 0 Å². The fraction of sp³-hybridized carbons (Fsp3) is 0. The zero-order valence-electron chi connectivity index (χ0n) is 31.4. The van der Waals surface area contributed by atoms with Crippen LogP contribution in [0.1, 0.15) is 0 Å². The van der Waals surface area contributed by atoms with Crippen molar-refractivity contribution >= 4 is 96.8 Å². The summed E-state index contributed by atoms with van der Waals surface area (Å²) in [6.07, 6.45) is 0. The predicted molar refractivity (Wildman–Crippen MR) is 246 cm³/mol. The van der Waals surface area contributed by atoms with E-state index >= 15 is 0 Å². The number of rotatable bonds is 4. The van der Waals surface area contributed by atoms with Gasteiger partial charge in [-0.2, -0.15) is 0 Å². The molecule has 274 valence electrons. The second-order valence-electron chi connectivity index (χ2n) is 15.2. The van der Waals surface area contributed by atoms with Crippen molar-refractivity contribution in [1.82, 2.24) is 19.5 Å². The molecule has 59 heavy (non-hydrogen) atoms. The van der Waals surface area contributed by atoms with Crippen LogP contribution in [-0.2, 0) is 0 Å². The maximum atomic E-state index is 6.85. The molecule has 4 heterocycles. The van der Waals surface area contributed by atoms with Gasteiger partial charge in [-0.25, -0.2) is 15.0 Å². The standard InChI is InChI=1S/C53H30N4OS/c1-2-11-32(12-3-1)51-54-52(35-23-26-48-43(28-35)38-16-7-9-20-47(38)59-48)56-53(55-51)40-18-10-17-39-49-41-30-36(24-21-31(41)22-25-46(49)58-50(39)40)57-44-19-8-6-15-37(44)42-27-33-13-4-5-14-34(33)29-45(42)57/h1-30H. The summed E-state index contributed by atoms with van der Waals surface area (Å²) in [7, 11) is 0. The van der Waals surface area contributed by atoms with E-state index < -0.39 is 0 Å². The Labute approximate surface area is 341 Å². The lowest BCUT2D eigenvalue weighted by Gasteiger charge is -2.10. The van der Waals surface area contributed by atoms with Crippen LogP contribution in [0.4, 0.5) is 0 Å². The van der Waals surface area contributed by atoms with Crippen molar-refractivity contribution in [2.75, 3.05) is 0 Å². The molecule has 0 saturated heterocycles. The molecule has 0 aliphatic rings. The van der Waals surface area contributed by atoms with E-state index in [1.54, 1.807) is 11.3 Å². The Bertz CT molecular complexity index is 3860. The maximum Gasteiger partial charge on any atom is 0.167 e. The SMILES string of the molecule is c1ccc(-c2nc(-c3ccc4sc5ccccc5c4c3)nc(-c3cccc4c3oc3ccc5ccc(-n6c7ccccc7c7cc8ccccc8cc76)cc5c34)n2)cc1. The molecule has 0 bridgehead atoms. The molecule has 0 atom stereocenters. The lowest BCUT2D eigenvalue weighted by Crippen LogP contribution is -2.00. The summed E-state index contributed by atoms with van der Waals surface area (Å²) in [5.74, 6) is 1.80. The van der Waals surface area contributed by atoms with Crippen LogP contribution in [-0.4, -0.2) is 19.5 Å². The third-order valence-electron chi connectivity index (χ3n) is 11.8. The Morgan fingerprint density at radius 1 is 0.407 bits per heavy atom. The van der Waals surface area contributed by atoms with Gasteiger partial charge in [0, 0.05) is 58.5 Å². The van der Waals surface area contributed by atoms with Crippen molar-refractivity contribution in [3.63, 3.8) is 0 Å². The van der Waals surface area contributed by atoms with E-state index in [1.807, 2.05) is 30.3 Å². The molecule has 0 radical (unpaired) electrons. The highest BCUT2D eigenvalue weighted by Crippen LogP contribution is 2.42. The predicted octanol–water partition coefficient (Wildman–Crippen LogP) is 14.5. The first-order valence-electron chi connectivity index (χ1n) is 19.8. The van der Waals surface area contributed by atoms with E-state index in [1.165, 1.54) is 52.8 Å². The van der Waals surface area contributed by atoms with Gasteiger partial charge in [-0.1, -0.05) is 115 Å². The summed E-state index contributed by atoms with van der Waals surface area (Å²) in [4.78, 5) is 15.4. The third kappa shape index (κ3) is 4.94. The van der Waals surface area contributed by atoms with Gasteiger partial charge >= 0.3 is 0 Å². The van der Waals surface area contributed by atoms with Crippen LogP contribution in [0.2, 0.25) is 0 Å². The second-order valence-corrected chi connectivity index (χ2v) is 16.3. The first kappa shape index (κ1) is 32.4. The van der Waals surface area contributed by atoms with Crippen LogP contribution < -0.4 is 0 Å². The van der Waals surface area contributed by atoms with E-state index in [-0.39, 0.29) is 0 Å². The minimum absolute atomic E-state index is 0.566. The fourth-order valence-corrected chi connectivity index (χ4v) is 10.1. The first-order valence-corrected chi connectivity index (χ1v) is 20.6. The minimum atomic E-state index is 0.566. The van der Waals surface area contributed by atoms with Crippen molar-refractivity contribution < 1.29 is 4.42 Å². The topological polar surface area (TPSA) is 56.7 Å². The number of hydrogen-bond acceptors (Lipinski definition) is 5. The van der Waals surface area contributed by atoms with Crippen molar-refractivity contribution in [3.8, 4) is 39.9 Å². The molecule has 4 aromatic heterocycles. The number of furan rings is 1. The van der Waals surface area contributed by atoms with Crippen LogP contribution in [0.3, 0.4) is 0 Å². The van der Waals surface area contributed by atoms with E-state index in [4.69, 9.17) is 19.4 Å². The lowest BCUT2D eigenvalue weighted by atomic mass is 10.0. The van der Waals surface area contributed by atoms with Crippen LogP contribution in [0.15, 0.2) is 186 Å². The highest BCUT2D eigenvalue weighted by Gasteiger charge is 2.21. The van der Waals surface area contributed by atoms with Gasteiger partial charge in [0.15, 0.2) is 17.5 Å². The molecular formula is C53H30N4OS. The van der Waals surface area contributed by atoms with Gasteiger partial charge in [0.05, 0.1) is 16.6 Å². The van der Waals surface area contributed by atoms with Gasteiger partial charge in [0.1, 0.15) is 11.2 Å². The zero-order valence-corrected chi connectivity index (χ0v) is 32.2. The normalized spacial score (nSPS) is 12.1. The van der Waals surface area contributed by atoms with Crippen molar-refractivity contribution in [2.24, 2.45) is 0 Å². The zero-order chi connectivity index (χ0) is 38.6. The van der Waals surface area contributed by atoms with Crippen LogP contribution in [0, 0.1) is 0 Å². The molecule has 0 N–H and O–H groups in total. The molecule has 0 fully saturated rings. The molecule has 0 aliphatic heterocycles. The van der Waals surface area contributed by atoms with Gasteiger partial charge in [-0.05, 0) is 88.3 Å². The van der Waals surface area contributed by atoms with Crippen molar-refractivity contribution in [3.05, 3.63) is 182 Å². The van der Waals surface area contributed by atoms with Gasteiger partial charge in [0.25, 0.3) is 0 Å². The second kappa shape index (κ2) is 12.4. The molecule has 9 aromatic carbocycles. The summed E-state index contributed by atoms with van der Waals surface area (Å²) in [6, 6.07) is 64.5. The van der Waals surface area contributed by atoms with E-state index in [2.05, 4.69) is 156 Å². The lowest BCUT2D eigenvalue weighted by molar-refractivity contribution is 0.670. The number of fused-ring (bicyclic) bond motifs is 12. The van der Waals surface area contributed by atoms with Crippen LogP contribution in [0.25, 0.3) is 125 Å². The number of benzene rings is 9. The monoisotopic (exact) mass is 770 g/mol. The highest BCUT2D eigenvalue weighted by molar-refractivity contribution is 7.25. The van der Waals surface area contributed by atoms with Gasteiger partial charge in [-0.15, -0.1) is 11.3 Å². The third-order valence-corrected chi connectivity index (χ3v) is 13.0. The van der Waals surface area contributed by atoms with Gasteiger partial charge < -0.3 is 8.98 Å². The average molecular weight is 771 g/mol. The Hall–Kier alpha value is -7.67. The number of nitrogens with zero attached hydrogens (tertiary/aromatic N) is 4. The molecule has 0 spiro atoms. The molecule has 13 rings (SSSR count). The molecule has 5 nitrogen and oxygen atoms in total. The van der Waals surface area contributed by atoms with Crippen molar-refractivity contribution in [1.29, 1.82) is 0 Å².